The molecule has 5 nitrogen and oxygen atoms in total. The lowest BCUT2D eigenvalue weighted by Crippen LogP contribution is -2.28. The summed E-state index contributed by atoms with van der Waals surface area (Å²) in [5.41, 5.74) is 2.03. The molecule has 0 unspecified atom stereocenters. The summed E-state index contributed by atoms with van der Waals surface area (Å²) in [4.78, 5) is 8.15. The molecule has 124 valence electrons. The lowest BCUT2D eigenvalue weighted by atomic mass is 10.1. The van der Waals surface area contributed by atoms with E-state index in [1.54, 1.807) is 30.6 Å². The predicted molar refractivity (Wildman–Crippen MR) is 78.8 cm³/mol. The van der Waals surface area contributed by atoms with Crippen molar-refractivity contribution in [3.63, 3.8) is 0 Å². The molecule has 2 aromatic rings. The van der Waals surface area contributed by atoms with Crippen molar-refractivity contribution in [3.05, 3.63) is 48.4 Å². The first-order valence-corrected chi connectivity index (χ1v) is 8.30. The van der Waals surface area contributed by atoms with Crippen molar-refractivity contribution in [2.45, 2.75) is 19.1 Å². The van der Waals surface area contributed by atoms with Crippen molar-refractivity contribution < 1.29 is 21.6 Å². The second-order valence-electron chi connectivity index (χ2n) is 4.80. The van der Waals surface area contributed by atoms with E-state index in [9.17, 15) is 21.6 Å². The van der Waals surface area contributed by atoms with Gasteiger partial charge in [0.2, 0.25) is 10.0 Å². The van der Waals surface area contributed by atoms with Gasteiger partial charge in [-0.1, -0.05) is 6.07 Å². The molecule has 2 rings (SSSR count). The van der Waals surface area contributed by atoms with Gasteiger partial charge in [-0.3, -0.25) is 9.97 Å². The Balaban J connectivity index is 1.94. The van der Waals surface area contributed by atoms with Crippen molar-refractivity contribution in [3.8, 4) is 11.3 Å². The lowest BCUT2D eigenvalue weighted by Gasteiger charge is -2.09. The minimum Gasteiger partial charge on any atom is -0.264 e. The number of hydrogen-bond acceptors (Lipinski definition) is 4. The molecule has 0 bridgehead atoms. The molecule has 2 aromatic heterocycles. The van der Waals surface area contributed by atoms with Gasteiger partial charge in [-0.2, -0.15) is 13.2 Å². The number of halogens is 3. The molecule has 0 saturated heterocycles. The minimum atomic E-state index is -4.50. The van der Waals surface area contributed by atoms with E-state index in [0.717, 1.165) is 5.56 Å². The number of hydrogen-bond donors (Lipinski definition) is 1. The third-order valence-electron chi connectivity index (χ3n) is 2.93. The number of sulfonamides is 1. The van der Waals surface area contributed by atoms with Gasteiger partial charge in [-0.15, -0.1) is 0 Å². The highest BCUT2D eigenvalue weighted by molar-refractivity contribution is 7.89. The third kappa shape index (κ3) is 5.95. The van der Waals surface area contributed by atoms with Gasteiger partial charge >= 0.3 is 6.18 Å². The van der Waals surface area contributed by atoms with E-state index in [-0.39, 0.29) is 6.54 Å². The summed E-state index contributed by atoms with van der Waals surface area (Å²) in [6.07, 6.45) is -1.13. The maximum Gasteiger partial charge on any atom is 0.390 e. The molecule has 0 aromatic carbocycles. The Kier molecular flexibility index (Phi) is 5.32. The van der Waals surface area contributed by atoms with Crippen LogP contribution in [0.5, 0.6) is 0 Å². The number of rotatable bonds is 6. The van der Waals surface area contributed by atoms with Crippen LogP contribution >= 0.6 is 0 Å². The molecular weight excluding hydrogens is 331 g/mol. The SMILES string of the molecule is O=S(=O)(CCC(F)(F)F)NCc1ccc(-c2cccnc2)nc1. The first kappa shape index (κ1) is 17.4. The average Bonchev–Trinajstić information content (AvgIpc) is 2.52. The van der Waals surface area contributed by atoms with Gasteiger partial charge in [0, 0.05) is 30.7 Å². The summed E-state index contributed by atoms with van der Waals surface area (Å²) in [6.45, 7) is -0.111. The maximum absolute atomic E-state index is 12.0. The minimum absolute atomic E-state index is 0.111. The summed E-state index contributed by atoms with van der Waals surface area (Å²) in [7, 11) is -3.98. The van der Waals surface area contributed by atoms with Crippen LogP contribution in [0.4, 0.5) is 13.2 Å². The monoisotopic (exact) mass is 345 g/mol. The highest BCUT2D eigenvalue weighted by Crippen LogP contribution is 2.20. The van der Waals surface area contributed by atoms with Crippen LogP contribution in [-0.2, 0) is 16.6 Å². The zero-order valence-corrected chi connectivity index (χ0v) is 12.7. The van der Waals surface area contributed by atoms with Crippen LogP contribution < -0.4 is 4.72 Å². The number of alkyl halides is 3. The Morgan fingerprint density at radius 2 is 1.91 bits per heavy atom. The van der Waals surface area contributed by atoms with Crippen molar-refractivity contribution in [2.24, 2.45) is 0 Å². The highest BCUT2D eigenvalue weighted by Gasteiger charge is 2.29. The first-order valence-electron chi connectivity index (χ1n) is 6.65. The summed E-state index contributed by atoms with van der Waals surface area (Å²) in [6, 6.07) is 6.94. The van der Waals surface area contributed by atoms with Gasteiger partial charge in [0.15, 0.2) is 0 Å². The van der Waals surface area contributed by atoms with Gasteiger partial charge in [-0.05, 0) is 23.8 Å². The molecular formula is C14H14F3N3O2S. The lowest BCUT2D eigenvalue weighted by molar-refractivity contribution is -0.129. The van der Waals surface area contributed by atoms with Crippen molar-refractivity contribution in [1.29, 1.82) is 0 Å². The summed E-state index contributed by atoms with van der Waals surface area (Å²) in [5, 5.41) is 0. The molecule has 0 fully saturated rings. The van der Waals surface area contributed by atoms with Gasteiger partial charge in [0.05, 0.1) is 17.9 Å². The Morgan fingerprint density at radius 1 is 1.13 bits per heavy atom. The van der Waals surface area contributed by atoms with Gasteiger partial charge in [-0.25, -0.2) is 13.1 Å². The molecule has 0 radical (unpaired) electrons. The van der Waals surface area contributed by atoms with E-state index in [1.807, 2.05) is 6.07 Å². The summed E-state index contributed by atoms with van der Waals surface area (Å²) < 4.78 is 61.3. The Labute approximate surface area is 131 Å². The molecule has 1 N–H and O–H groups in total. The fourth-order valence-corrected chi connectivity index (χ4v) is 2.76. The molecule has 9 heteroatoms. The zero-order valence-electron chi connectivity index (χ0n) is 11.9. The van der Waals surface area contributed by atoms with Gasteiger partial charge in [0.1, 0.15) is 0 Å². The van der Waals surface area contributed by atoms with Crippen LogP contribution in [0.15, 0.2) is 42.9 Å². The summed E-state index contributed by atoms with van der Waals surface area (Å²) in [5.74, 6) is -0.988. The van der Waals surface area contributed by atoms with E-state index in [4.69, 9.17) is 0 Å². The second kappa shape index (κ2) is 7.05. The number of pyridine rings is 2. The molecule has 0 aliphatic heterocycles. The third-order valence-corrected chi connectivity index (χ3v) is 4.26. The largest absolute Gasteiger partial charge is 0.390 e. The van der Waals surface area contributed by atoms with E-state index in [1.165, 1.54) is 6.20 Å². The summed E-state index contributed by atoms with van der Waals surface area (Å²) >= 11 is 0. The predicted octanol–water partition coefficient (Wildman–Crippen LogP) is 2.52. The van der Waals surface area contributed by atoms with Crippen LogP contribution in [0.3, 0.4) is 0 Å². The maximum atomic E-state index is 12.0. The van der Waals surface area contributed by atoms with Gasteiger partial charge in [0.25, 0.3) is 0 Å². The van der Waals surface area contributed by atoms with Gasteiger partial charge < -0.3 is 0 Å². The fraction of sp³-hybridized carbons (Fsp3) is 0.286. The van der Waals surface area contributed by atoms with E-state index in [0.29, 0.717) is 11.3 Å². The topological polar surface area (TPSA) is 72.0 Å². The second-order valence-corrected chi connectivity index (χ2v) is 6.72. The Morgan fingerprint density at radius 3 is 2.48 bits per heavy atom. The van der Waals surface area contributed by atoms with Crippen molar-refractivity contribution in [1.82, 2.24) is 14.7 Å². The first-order chi connectivity index (χ1) is 10.8. The molecule has 0 spiro atoms. The molecule has 0 aliphatic rings. The van der Waals surface area contributed by atoms with E-state index >= 15 is 0 Å². The molecule has 23 heavy (non-hydrogen) atoms. The van der Waals surface area contributed by atoms with Crippen LogP contribution in [-0.4, -0.2) is 30.3 Å². The van der Waals surface area contributed by atoms with E-state index in [2.05, 4.69) is 14.7 Å². The van der Waals surface area contributed by atoms with Crippen LogP contribution in [0, 0.1) is 0 Å². The molecule has 2 heterocycles. The Bertz CT molecular complexity index is 732. The quantitative estimate of drug-likeness (QED) is 0.873. The Hall–Kier alpha value is -2.00. The average molecular weight is 345 g/mol. The fourth-order valence-electron chi connectivity index (χ4n) is 1.73. The number of nitrogens with one attached hydrogen (secondary N) is 1. The van der Waals surface area contributed by atoms with Crippen molar-refractivity contribution >= 4 is 10.0 Å². The van der Waals surface area contributed by atoms with Crippen LogP contribution in [0.2, 0.25) is 0 Å². The smallest absolute Gasteiger partial charge is 0.264 e. The van der Waals surface area contributed by atoms with Crippen molar-refractivity contribution in [2.75, 3.05) is 5.75 Å². The number of aromatic nitrogens is 2. The number of nitrogens with zero attached hydrogens (tertiary/aromatic N) is 2. The normalized spacial score (nSPS) is 12.3. The standard InChI is InChI=1S/C14H14F3N3O2S/c15-14(16,17)5-7-23(21,22)20-9-11-3-4-13(19-8-11)12-2-1-6-18-10-12/h1-4,6,8,10,20H,5,7,9H2. The van der Waals surface area contributed by atoms with Crippen LogP contribution in [0.25, 0.3) is 11.3 Å². The van der Waals surface area contributed by atoms with Crippen LogP contribution in [0.1, 0.15) is 12.0 Å². The highest BCUT2D eigenvalue weighted by atomic mass is 32.2. The zero-order chi connectivity index (χ0) is 16.9. The molecule has 0 aliphatic carbocycles. The van der Waals surface area contributed by atoms with E-state index < -0.39 is 28.4 Å². The molecule has 0 atom stereocenters. The molecule has 0 amide bonds. The molecule has 0 saturated carbocycles.